The second kappa shape index (κ2) is 7.72. The highest BCUT2D eigenvalue weighted by Gasteiger charge is 2.28. The van der Waals surface area contributed by atoms with E-state index in [9.17, 15) is 4.21 Å². The Hall–Kier alpha value is -1.97. The van der Waals surface area contributed by atoms with Gasteiger partial charge in [0.05, 0.1) is 12.7 Å². The Bertz CT molecular complexity index is 575. The van der Waals surface area contributed by atoms with Crippen LogP contribution in [0.4, 0.5) is 0 Å². The van der Waals surface area contributed by atoms with Crippen LogP contribution in [0.1, 0.15) is 5.56 Å². The maximum absolute atomic E-state index is 10.8. The first-order valence-electron chi connectivity index (χ1n) is 5.94. The number of ether oxygens (including phenoxy) is 1. The number of rotatable bonds is 7. The molecule has 8 nitrogen and oxygen atoms in total. The summed E-state index contributed by atoms with van der Waals surface area (Å²) < 4.78 is 25.5. The number of hydrogen-bond donors (Lipinski definition) is 0. The minimum atomic E-state index is -1.78. The molecule has 0 bridgehead atoms. The van der Waals surface area contributed by atoms with Crippen LogP contribution in [0.5, 0.6) is 5.75 Å². The van der Waals surface area contributed by atoms with Crippen LogP contribution in [0.3, 0.4) is 0 Å². The molecule has 0 spiro atoms. The van der Waals surface area contributed by atoms with Gasteiger partial charge in [-0.05, 0) is 17.3 Å². The Morgan fingerprint density at radius 1 is 1.19 bits per heavy atom. The van der Waals surface area contributed by atoms with Crippen LogP contribution in [0.2, 0.25) is 0 Å². The number of oxime groups is 2. The first-order chi connectivity index (χ1) is 10.3. The van der Waals surface area contributed by atoms with Gasteiger partial charge in [0.1, 0.15) is 26.1 Å². The first-order valence-corrected chi connectivity index (χ1v) is 6.94. The molecule has 0 saturated carbocycles. The molecule has 0 aliphatic carbocycles. The summed E-state index contributed by atoms with van der Waals surface area (Å²) in [6, 6.07) is 7.31. The monoisotopic (exact) mass is 314 g/mol. The third-order valence-corrected chi connectivity index (χ3v) is 3.00. The standard InChI is InChI=1S/C12H14N2O6S/c1-16-13-11-9-5-3-4-6-10(9)20-12(11)14-18-7-8-19-21(15)17-2/h3-6H,7-8H2,1-2H3/b13-11-,14-12+. The molecule has 1 heterocycles. The summed E-state index contributed by atoms with van der Waals surface area (Å²) in [6.45, 7) is 0.138. The van der Waals surface area contributed by atoms with Crippen molar-refractivity contribution in [2.45, 2.75) is 0 Å². The van der Waals surface area contributed by atoms with Gasteiger partial charge >= 0.3 is 11.4 Å². The van der Waals surface area contributed by atoms with Crippen molar-refractivity contribution in [2.75, 3.05) is 27.4 Å². The minimum absolute atomic E-state index is 0.0565. The van der Waals surface area contributed by atoms with E-state index < -0.39 is 11.4 Å². The van der Waals surface area contributed by atoms with Gasteiger partial charge in [-0.1, -0.05) is 17.3 Å². The maximum atomic E-state index is 10.8. The van der Waals surface area contributed by atoms with Crippen molar-refractivity contribution < 1.29 is 27.0 Å². The van der Waals surface area contributed by atoms with Crippen LogP contribution in [0.25, 0.3) is 0 Å². The largest absolute Gasteiger partial charge is 0.434 e. The van der Waals surface area contributed by atoms with Crippen LogP contribution in [0, 0.1) is 0 Å². The lowest BCUT2D eigenvalue weighted by atomic mass is 10.1. The van der Waals surface area contributed by atoms with E-state index in [1.165, 1.54) is 14.2 Å². The zero-order chi connectivity index (χ0) is 15.1. The van der Waals surface area contributed by atoms with E-state index in [1.54, 1.807) is 6.07 Å². The van der Waals surface area contributed by atoms with Crippen molar-refractivity contribution >= 4 is 23.0 Å². The minimum Gasteiger partial charge on any atom is -0.434 e. The summed E-state index contributed by atoms with van der Waals surface area (Å²) in [5.41, 5.74) is 1.20. The molecule has 1 atom stereocenters. The third-order valence-electron chi connectivity index (χ3n) is 2.37. The van der Waals surface area contributed by atoms with Crippen molar-refractivity contribution in [1.29, 1.82) is 0 Å². The van der Waals surface area contributed by atoms with Gasteiger partial charge in [0.2, 0.25) is 0 Å². The Morgan fingerprint density at radius 3 is 2.76 bits per heavy atom. The van der Waals surface area contributed by atoms with Gasteiger partial charge in [-0.3, -0.25) is 8.37 Å². The molecule has 0 saturated heterocycles. The van der Waals surface area contributed by atoms with Gasteiger partial charge in [0.25, 0.3) is 5.90 Å². The Morgan fingerprint density at radius 2 is 2.00 bits per heavy atom. The van der Waals surface area contributed by atoms with Gasteiger partial charge in [-0.25, -0.2) is 0 Å². The van der Waals surface area contributed by atoms with E-state index in [0.29, 0.717) is 11.5 Å². The fraction of sp³-hybridized carbons (Fsp3) is 0.333. The molecular formula is C12H14N2O6S. The highest BCUT2D eigenvalue weighted by molar-refractivity contribution is 7.75. The number of benzene rings is 1. The quantitative estimate of drug-likeness (QED) is 0.551. The van der Waals surface area contributed by atoms with Crippen LogP contribution in [-0.2, 0) is 29.4 Å². The van der Waals surface area contributed by atoms with E-state index in [0.717, 1.165) is 5.56 Å². The SMILES string of the molecule is CO/N=C1\C(=N/OCCOS(=O)OC)Oc2ccccc21. The lowest BCUT2D eigenvalue weighted by molar-refractivity contribution is 0.104. The van der Waals surface area contributed by atoms with Gasteiger partial charge in [-0.2, -0.15) is 4.21 Å². The molecule has 1 aliphatic rings. The second-order valence-corrected chi connectivity index (χ2v) is 4.62. The molecule has 114 valence electrons. The average Bonchev–Trinajstić information content (AvgIpc) is 2.85. The second-order valence-electron chi connectivity index (χ2n) is 3.64. The molecule has 9 heteroatoms. The topological polar surface area (TPSA) is 87.9 Å². The molecule has 0 radical (unpaired) electrons. The smallest absolute Gasteiger partial charge is 0.304 e. The molecule has 2 rings (SSSR count). The molecule has 0 amide bonds. The van der Waals surface area contributed by atoms with E-state index in [-0.39, 0.29) is 19.1 Å². The molecule has 0 fully saturated rings. The summed E-state index contributed by atoms with van der Waals surface area (Å²) in [4.78, 5) is 9.81. The average molecular weight is 314 g/mol. The van der Waals surface area contributed by atoms with Crippen molar-refractivity contribution in [3.05, 3.63) is 29.8 Å². The van der Waals surface area contributed by atoms with E-state index >= 15 is 0 Å². The fourth-order valence-corrected chi connectivity index (χ4v) is 1.85. The molecular weight excluding hydrogens is 300 g/mol. The van der Waals surface area contributed by atoms with Gasteiger partial charge in [0, 0.05) is 0 Å². The Kier molecular flexibility index (Phi) is 5.67. The van der Waals surface area contributed by atoms with Crippen LogP contribution in [-0.4, -0.2) is 43.3 Å². The van der Waals surface area contributed by atoms with Gasteiger partial charge in [-0.15, -0.1) is 0 Å². The number of nitrogens with zero attached hydrogens (tertiary/aromatic N) is 2. The summed E-state index contributed by atoms with van der Waals surface area (Å²) >= 11 is -1.78. The zero-order valence-corrected chi connectivity index (χ0v) is 12.3. The van der Waals surface area contributed by atoms with Gasteiger partial charge in [0.15, 0.2) is 5.71 Å². The summed E-state index contributed by atoms with van der Waals surface area (Å²) in [5.74, 6) is 0.804. The van der Waals surface area contributed by atoms with E-state index in [2.05, 4.69) is 14.5 Å². The molecule has 1 aliphatic heterocycles. The number of fused-ring (bicyclic) bond motifs is 1. The van der Waals surface area contributed by atoms with E-state index in [4.69, 9.17) is 18.6 Å². The molecule has 1 unspecified atom stereocenters. The molecule has 1 aromatic rings. The van der Waals surface area contributed by atoms with Crippen LogP contribution < -0.4 is 4.74 Å². The maximum Gasteiger partial charge on any atom is 0.304 e. The van der Waals surface area contributed by atoms with Crippen LogP contribution >= 0.6 is 0 Å². The Balaban J connectivity index is 1.96. The lowest BCUT2D eigenvalue weighted by Gasteiger charge is -2.01. The highest BCUT2D eigenvalue weighted by atomic mass is 32.2. The van der Waals surface area contributed by atoms with E-state index in [1.807, 2.05) is 18.2 Å². The Labute approximate surface area is 124 Å². The zero-order valence-electron chi connectivity index (χ0n) is 11.5. The molecule has 21 heavy (non-hydrogen) atoms. The van der Waals surface area contributed by atoms with Crippen molar-refractivity contribution in [1.82, 2.24) is 0 Å². The van der Waals surface area contributed by atoms with Crippen molar-refractivity contribution in [3.63, 3.8) is 0 Å². The van der Waals surface area contributed by atoms with Crippen molar-refractivity contribution in [3.8, 4) is 5.75 Å². The molecule has 1 aromatic carbocycles. The summed E-state index contributed by atoms with van der Waals surface area (Å²) in [7, 11) is 2.70. The molecule has 0 N–H and O–H groups in total. The molecule has 0 aromatic heterocycles. The van der Waals surface area contributed by atoms with Crippen molar-refractivity contribution in [2.24, 2.45) is 10.3 Å². The summed E-state index contributed by atoms with van der Waals surface area (Å²) in [6.07, 6.45) is 0. The first kappa shape index (κ1) is 15.4. The number of para-hydroxylation sites is 1. The fourth-order valence-electron chi connectivity index (χ4n) is 1.55. The predicted molar refractivity (Wildman–Crippen MR) is 75.1 cm³/mol. The summed E-state index contributed by atoms with van der Waals surface area (Å²) in [5, 5.41) is 7.69. The predicted octanol–water partition coefficient (Wildman–Crippen LogP) is 1.00. The normalized spacial score (nSPS) is 18.4. The highest BCUT2D eigenvalue weighted by Crippen LogP contribution is 2.26. The number of hydrogen-bond acceptors (Lipinski definition) is 8. The lowest BCUT2D eigenvalue weighted by Crippen LogP contribution is -2.15. The van der Waals surface area contributed by atoms with Crippen LogP contribution in [0.15, 0.2) is 34.6 Å². The van der Waals surface area contributed by atoms with Gasteiger partial charge < -0.3 is 14.4 Å². The third kappa shape index (κ3) is 4.00.